The molecule has 2 nitrogen and oxygen atoms in total. The van der Waals surface area contributed by atoms with Crippen molar-refractivity contribution < 1.29 is 4.39 Å². The Morgan fingerprint density at radius 2 is 1.92 bits per heavy atom. The molecule has 0 spiro atoms. The molecule has 0 amide bonds. The Labute approximate surface area is 74.1 Å². The van der Waals surface area contributed by atoms with Gasteiger partial charge in [-0.15, -0.1) is 0 Å². The first-order valence-corrected chi connectivity index (χ1v) is 4.77. The summed E-state index contributed by atoms with van der Waals surface area (Å²) in [6, 6.07) is 0. The van der Waals surface area contributed by atoms with Crippen molar-refractivity contribution in [1.29, 1.82) is 0 Å². The second-order valence-corrected chi connectivity index (χ2v) is 3.81. The van der Waals surface area contributed by atoms with Crippen molar-refractivity contribution in [2.24, 2.45) is 5.92 Å². The molecule has 0 saturated carbocycles. The van der Waals surface area contributed by atoms with Crippen LogP contribution in [0.25, 0.3) is 0 Å². The molecule has 1 N–H and O–H groups in total. The summed E-state index contributed by atoms with van der Waals surface area (Å²) in [6.07, 6.45) is -0.664. The molecule has 1 aliphatic rings. The number of halogens is 1. The Balaban J connectivity index is 2.20. The van der Waals surface area contributed by atoms with Crippen molar-refractivity contribution in [1.82, 2.24) is 10.2 Å². The number of nitrogens with one attached hydrogen (secondary N) is 1. The lowest BCUT2D eigenvalue weighted by atomic mass is 10.1. The topological polar surface area (TPSA) is 15.3 Å². The van der Waals surface area contributed by atoms with Gasteiger partial charge in [0.05, 0.1) is 0 Å². The van der Waals surface area contributed by atoms with Crippen LogP contribution in [0.1, 0.15) is 13.8 Å². The van der Waals surface area contributed by atoms with E-state index in [1.165, 1.54) is 0 Å². The summed E-state index contributed by atoms with van der Waals surface area (Å²) in [6.45, 7) is 8.48. The molecule has 1 atom stereocenters. The maximum atomic E-state index is 13.2. The molecule has 1 heterocycles. The Morgan fingerprint density at radius 1 is 1.33 bits per heavy atom. The summed E-state index contributed by atoms with van der Waals surface area (Å²) in [4.78, 5) is 2.20. The lowest BCUT2D eigenvalue weighted by Gasteiger charge is -2.29. The van der Waals surface area contributed by atoms with Gasteiger partial charge in [0.2, 0.25) is 0 Å². The van der Waals surface area contributed by atoms with Gasteiger partial charge in [-0.2, -0.15) is 0 Å². The minimum absolute atomic E-state index is 0.153. The van der Waals surface area contributed by atoms with Crippen LogP contribution in [-0.4, -0.2) is 43.8 Å². The third-order valence-corrected chi connectivity index (χ3v) is 2.37. The van der Waals surface area contributed by atoms with Crippen molar-refractivity contribution in [3.05, 3.63) is 0 Å². The number of hydrogen-bond donors (Lipinski definition) is 1. The number of piperazine rings is 1. The van der Waals surface area contributed by atoms with Crippen LogP contribution in [0.3, 0.4) is 0 Å². The van der Waals surface area contributed by atoms with E-state index in [4.69, 9.17) is 0 Å². The van der Waals surface area contributed by atoms with Gasteiger partial charge in [-0.3, -0.25) is 4.90 Å². The van der Waals surface area contributed by atoms with Crippen LogP contribution in [0.2, 0.25) is 0 Å². The van der Waals surface area contributed by atoms with Crippen molar-refractivity contribution in [3.8, 4) is 0 Å². The van der Waals surface area contributed by atoms with Gasteiger partial charge in [0, 0.05) is 32.7 Å². The van der Waals surface area contributed by atoms with Gasteiger partial charge in [0.25, 0.3) is 0 Å². The third kappa shape index (κ3) is 3.07. The summed E-state index contributed by atoms with van der Waals surface area (Å²) in [5.41, 5.74) is 0. The molecular weight excluding hydrogens is 155 g/mol. The lowest BCUT2D eigenvalue weighted by molar-refractivity contribution is 0.144. The van der Waals surface area contributed by atoms with E-state index in [9.17, 15) is 4.39 Å². The minimum Gasteiger partial charge on any atom is -0.314 e. The fraction of sp³-hybridized carbons (Fsp3) is 1.00. The van der Waals surface area contributed by atoms with Crippen molar-refractivity contribution in [2.75, 3.05) is 32.7 Å². The SMILES string of the molecule is CC(C)C(F)CN1CCNCC1. The molecule has 0 aromatic carbocycles. The second-order valence-electron chi connectivity index (χ2n) is 3.81. The van der Waals surface area contributed by atoms with Gasteiger partial charge < -0.3 is 5.32 Å². The van der Waals surface area contributed by atoms with Gasteiger partial charge >= 0.3 is 0 Å². The normalized spacial score (nSPS) is 23.0. The van der Waals surface area contributed by atoms with Gasteiger partial charge in [-0.05, 0) is 5.92 Å². The van der Waals surface area contributed by atoms with E-state index in [1.807, 2.05) is 13.8 Å². The van der Waals surface area contributed by atoms with Crippen LogP contribution in [0, 0.1) is 5.92 Å². The molecule has 0 aliphatic carbocycles. The van der Waals surface area contributed by atoms with Gasteiger partial charge in [0.1, 0.15) is 6.17 Å². The molecule has 1 aliphatic heterocycles. The molecule has 0 radical (unpaired) electrons. The van der Waals surface area contributed by atoms with E-state index in [1.54, 1.807) is 0 Å². The van der Waals surface area contributed by atoms with Gasteiger partial charge in [0.15, 0.2) is 0 Å². The largest absolute Gasteiger partial charge is 0.314 e. The van der Waals surface area contributed by atoms with Crippen LogP contribution >= 0.6 is 0 Å². The average molecular weight is 174 g/mol. The zero-order valence-corrected chi connectivity index (χ0v) is 8.02. The van der Waals surface area contributed by atoms with Crippen molar-refractivity contribution in [3.63, 3.8) is 0 Å². The monoisotopic (exact) mass is 174 g/mol. The van der Waals surface area contributed by atoms with Crippen LogP contribution in [0.15, 0.2) is 0 Å². The first kappa shape index (κ1) is 9.93. The highest BCUT2D eigenvalue weighted by Crippen LogP contribution is 2.08. The van der Waals surface area contributed by atoms with E-state index in [2.05, 4.69) is 10.2 Å². The van der Waals surface area contributed by atoms with Crippen LogP contribution < -0.4 is 5.32 Å². The van der Waals surface area contributed by atoms with E-state index in [-0.39, 0.29) is 5.92 Å². The van der Waals surface area contributed by atoms with Crippen LogP contribution in [0.4, 0.5) is 4.39 Å². The summed E-state index contributed by atoms with van der Waals surface area (Å²) in [5, 5.41) is 3.25. The third-order valence-electron chi connectivity index (χ3n) is 2.37. The molecular formula is C9H19FN2. The van der Waals surface area contributed by atoms with Crippen molar-refractivity contribution >= 4 is 0 Å². The highest BCUT2D eigenvalue weighted by atomic mass is 19.1. The number of nitrogens with zero attached hydrogens (tertiary/aromatic N) is 1. The zero-order valence-electron chi connectivity index (χ0n) is 8.02. The summed E-state index contributed by atoms with van der Waals surface area (Å²) >= 11 is 0. The van der Waals surface area contributed by atoms with E-state index >= 15 is 0 Å². The van der Waals surface area contributed by atoms with E-state index < -0.39 is 6.17 Å². The highest BCUT2D eigenvalue weighted by Gasteiger charge is 2.17. The van der Waals surface area contributed by atoms with E-state index in [0.29, 0.717) is 6.54 Å². The van der Waals surface area contributed by atoms with Crippen LogP contribution in [-0.2, 0) is 0 Å². The molecule has 1 rings (SSSR count). The van der Waals surface area contributed by atoms with E-state index in [0.717, 1.165) is 26.2 Å². The van der Waals surface area contributed by atoms with Gasteiger partial charge in [-0.1, -0.05) is 13.8 Å². The smallest absolute Gasteiger partial charge is 0.115 e. The predicted molar refractivity (Wildman–Crippen MR) is 49.0 cm³/mol. The summed E-state index contributed by atoms with van der Waals surface area (Å²) in [7, 11) is 0. The number of rotatable bonds is 3. The van der Waals surface area contributed by atoms with Gasteiger partial charge in [-0.25, -0.2) is 4.39 Å². The van der Waals surface area contributed by atoms with Crippen LogP contribution in [0.5, 0.6) is 0 Å². The molecule has 0 bridgehead atoms. The maximum Gasteiger partial charge on any atom is 0.115 e. The number of hydrogen-bond acceptors (Lipinski definition) is 2. The first-order chi connectivity index (χ1) is 5.70. The quantitative estimate of drug-likeness (QED) is 0.683. The summed E-state index contributed by atoms with van der Waals surface area (Å²) in [5.74, 6) is 0.153. The Bertz CT molecular complexity index is 122. The molecule has 72 valence electrons. The second kappa shape index (κ2) is 4.77. The zero-order chi connectivity index (χ0) is 8.97. The number of alkyl halides is 1. The Morgan fingerprint density at radius 3 is 2.42 bits per heavy atom. The molecule has 12 heavy (non-hydrogen) atoms. The molecule has 1 saturated heterocycles. The average Bonchev–Trinajstić information content (AvgIpc) is 2.06. The van der Waals surface area contributed by atoms with Crippen molar-refractivity contribution in [2.45, 2.75) is 20.0 Å². The predicted octanol–water partition coefficient (Wildman–Crippen LogP) is 0.886. The maximum absolute atomic E-state index is 13.2. The molecule has 0 aromatic rings. The molecule has 1 unspecified atom stereocenters. The first-order valence-electron chi connectivity index (χ1n) is 4.77. The summed E-state index contributed by atoms with van der Waals surface area (Å²) < 4.78 is 13.2. The lowest BCUT2D eigenvalue weighted by Crippen LogP contribution is -2.46. The molecule has 3 heteroatoms. The fourth-order valence-electron chi connectivity index (χ4n) is 1.35. The highest BCUT2D eigenvalue weighted by molar-refractivity contribution is 4.72. The molecule has 1 fully saturated rings. The fourth-order valence-corrected chi connectivity index (χ4v) is 1.35. The molecule has 0 aromatic heterocycles. The Kier molecular flexibility index (Phi) is 3.95. The minimum atomic E-state index is -0.664. The standard InChI is InChI=1S/C9H19FN2/c1-8(2)9(10)7-12-5-3-11-4-6-12/h8-9,11H,3-7H2,1-2H3. The Hall–Kier alpha value is -0.150.